The van der Waals surface area contributed by atoms with Crippen LogP contribution >= 0.6 is 11.6 Å². The van der Waals surface area contributed by atoms with Crippen molar-refractivity contribution in [3.8, 4) is 5.75 Å². The van der Waals surface area contributed by atoms with Gasteiger partial charge in [-0.25, -0.2) is 0 Å². The molecule has 3 nitrogen and oxygen atoms in total. The van der Waals surface area contributed by atoms with Gasteiger partial charge in [-0.3, -0.25) is 4.90 Å². The molecule has 1 heterocycles. The summed E-state index contributed by atoms with van der Waals surface area (Å²) in [4.78, 5) is 5.02. The Bertz CT molecular complexity index is 520. The molecule has 2 fully saturated rings. The monoisotopic (exact) mass is 350 g/mol. The molecule has 1 aliphatic carbocycles. The van der Waals surface area contributed by atoms with Crippen molar-refractivity contribution in [3.05, 3.63) is 23.2 Å². The van der Waals surface area contributed by atoms with Crippen LogP contribution in [-0.4, -0.2) is 44.7 Å². The first-order valence-electron chi connectivity index (χ1n) is 9.46. The van der Waals surface area contributed by atoms with Gasteiger partial charge in [-0.15, -0.1) is 0 Å². The molecule has 0 amide bonds. The van der Waals surface area contributed by atoms with Crippen molar-refractivity contribution in [2.75, 3.05) is 44.7 Å². The molecular formula is C20H31ClN2O. The van der Waals surface area contributed by atoms with Gasteiger partial charge in [-0.05, 0) is 36.9 Å². The van der Waals surface area contributed by atoms with Crippen LogP contribution in [0.25, 0.3) is 0 Å². The highest BCUT2D eigenvalue weighted by Gasteiger charge is 2.22. The number of hydrogen-bond acceptors (Lipinski definition) is 3. The van der Waals surface area contributed by atoms with Crippen molar-refractivity contribution in [1.82, 2.24) is 4.90 Å². The number of piperazine rings is 1. The molecule has 0 N–H and O–H groups in total. The molecule has 1 aliphatic heterocycles. The molecule has 134 valence electrons. The number of hydrogen-bond donors (Lipinski definition) is 0. The molecule has 0 atom stereocenters. The third kappa shape index (κ3) is 4.58. The van der Waals surface area contributed by atoms with Crippen molar-refractivity contribution in [2.45, 2.75) is 39.0 Å². The number of rotatable bonds is 5. The van der Waals surface area contributed by atoms with Gasteiger partial charge in [0.05, 0.1) is 17.8 Å². The highest BCUT2D eigenvalue weighted by molar-refractivity contribution is 6.33. The lowest BCUT2D eigenvalue weighted by Crippen LogP contribution is -2.47. The normalized spacial score (nSPS) is 25.7. The van der Waals surface area contributed by atoms with Crippen LogP contribution in [0.2, 0.25) is 5.02 Å². The van der Waals surface area contributed by atoms with Crippen molar-refractivity contribution in [2.24, 2.45) is 11.8 Å². The molecule has 2 aliphatic rings. The van der Waals surface area contributed by atoms with Crippen molar-refractivity contribution in [3.63, 3.8) is 0 Å². The van der Waals surface area contributed by atoms with E-state index in [2.05, 4.69) is 22.8 Å². The van der Waals surface area contributed by atoms with Gasteiger partial charge in [0.1, 0.15) is 5.75 Å². The van der Waals surface area contributed by atoms with Crippen LogP contribution in [-0.2, 0) is 0 Å². The minimum atomic E-state index is 0.820. The van der Waals surface area contributed by atoms with Crippen molar-refractivity contribution in [1.29, 1.82) is 0 Å². The highest BCUT2D eigenvalue weighted by atomic mass is 35.5. The lowest BCUT2D eigenvalue weighted by molar-refractivity contribution is 0.208. The van der Waals surface area contributed by atoms with Crippen LogP contribution in [0.5, 0.6) is 5.75 Å². The van der Waals surface area contributed by atoms with Crippen LogP contribution in [0, 0.1) is 11.8 Å². The van der Waals surface area contributed by atoms with E-state index in [9.17, 15) is 0 Å². The van der Waals surface area contributed by atoms with Crippen LogP contribution in [0.3, 0.4) is 0 Å². The van der Waals surface area contributed by atoms with E-state index in [1.165, 1.54) is 38.6 Å². The van der Waals surface area contributed by atoms with E-state index in [0.717, 1.165) is 54.5 Å². The summed E-state index contributed by atoms with van der Waals surface area (Å²) in [6.45, 7) is 8.04. The average molecular weight is 351 g/mol. The Balaban J connectivity index is 1.46. The smallest absolute Gasteiger partial charge is 0.121 e. The zero-order chi connectivity index (χ0) is 16.9. The zero-order valence-corrected chi connectivity index (χ0v) is 15.9. The number of nitrogens with zero attached hydrogens (tertiary/aromatic N) is 2. The summed E-state index contributed by atoms with van der Waals surface area (Å²) < 4.78 is 5.34. The van der Waals surface area contributed by atoms with Gasteiger partial charge < -0.3 is 9.64 Å². The lowest BCUT2D eigenvalue weighted by Gasteiger charge is -2.37. The fraction of sp³-hybridized carbons (Fsp3) is 0.700. The second kappa shape index (κ2) is 8.44. The van der Waals surface area contributed by atoms with E-state index in [4.69, 9.17) is 16.3 Å². The number of ether oxygens (including phenoxy) is 1. The van der Waals surface area contributed by atoms with E-state index in [1.807, 2.05) is 12.1 Å². The minimum Gasteiger partial charge on any atom is -0.497 e. The molecule has 0 bridgehead atoms. The number of benzene rings is 1. The Morgan fingerprint density at radius 1 is 1.08 bits per heavy atom. The third-order valence-electron chi connectivity index (χ3n) is 5.86. The van der Waals surface area contributed by atoms with Gasteiger partial charge in [0.2, 0.25) is 0 Å². The van der Waals surface area contributed by atoms with Gasteiger partial charge >= 0.3 is 0 Å². The fourth-order valence-corrected chi connectivity index (χ4v) is 4.29. The molecule has 1 aromatic rings. The van der Waals surface area contributed by atoms with Crippen LogP contribution < -0.4 is 9.64 Å². The average Bonchev–Trinajstić information content (AvgIpc) is 2.62. The Hall–Kier alpha value is -0.930. The first kappa shape index (κ1) is 17.9. The van der Waals surface area contributed by atoms with Gasteiger partial charge in [0.15, 0.2) is 0 Å². The quantitative estimate of drug-likeness (QED) is 0.766. The second-order valence-corrected chi connectivity index (χ2v) is 7.97. The van der Waals surface area contributed by atoms with E-state index in [-0.39, 0.29) is 0 Å². The number of halogens is 1. The predicted octanol–water partition coefficient (Wildman–Crippen LogP) is 4.69. The van der Waals surface area contributed by atoms with Crippen molar-refractivity contribution >= 4 is 17.3 Å². The molecule has 3 rings (SSSR count). The molecule has 4 heteroatoms. The molecule has 1 saturated carbocycles. The first-order chi connectivity index (χ1) is 11.7. The highest BCUT2D eigenvalue weighted by Crippen LogP contribution is 2.32. The molecular weight excluding hydrogens is 320 g/mol. The SMILES string of the molecule is COc1ccc(Cl)c(N2CCN(CCC3CCC(C)CC3)CC2)c1. The Kier molecular flexibility index (Phi) is 6.29. The molecule has 1 aromatic carbocycles. The fourth-order valence-electron chi connectivity index (χ4n) is 4.06. The molecule has 0 radical (unpaired) electrons. The molecule has 0 aromatic heterocycles. The van der Waals surface area contributed by atoms with Crippen LogP contribution in [0.15, 0.2) is 18.2 Å². The summed E-state index contributed by atoms with van der Waals surface area (Å²) in [6.07, 6.45) is 7.15. The maximum Gasteiger partial charge on any atom is 0.121 e. The number of anilines is 1. The van der Waals surface area contributed by atoms with Crippen LogP contribution in [0.1, 0.15) is 39.0 Å². The topological polar surface area (TPSA) is 15.7 Å². The molecule has 1 saturated heterocycles. The van der Waals surface area contributed by atoms with E-state index in [1.54, 1.807) is 7.11 Å². The summed E-state index contributed by atoms with van der Waals surface area (Å²) in [7, 11) is 1.71. The summed E-state index contributed by atoms with van der Waals surface area (Å²) >= 11 is 6.39. The Morgan fingerprint density at radius 2 is 1.79 bits per heavy atom. The van der Waals surface area contributed by atoms with E-state index >= 15 is 0 Å². The Labute approximate surface area is 151 Å². The largest absolute Gasteiger partial charge is 0.497 e. The molecule has 0 unspecified atom stereocenters. The maximum absolute atomic E-state index is 6.39. The Morgan fingerprint density at radius 3 is 2.46 bits per heavy atom. The van der Waals surface area contributed by atoms with Crippen molar-refractivity contribution < 1.29 is 4.74 Å². The van der Waals surface area contributed by atoms with Gasteiger partial charge in [-0.1, -0.05) is 44.2 Å². The van der Waals surface area contributed by atoms with Gasteiger partial charge in [-0.2, -0.15) is 0 Å². The molecule has 24 heavy (non-hydrogen) atoms. The lowest BCUT2D eigenvalue weighted by atomic mass is 9.81. The van der Waals surface area contributed by atoms with Gasteiger partial charge in [0, 0.05) is 32.2 Å². The van der Waals surface area contributed by atoms with E-state index < -0.39 is 0 Å². The summed E-state index contributed by atoms with van der Waals surface area (Å²) in [5, 5.41) is 0.820. The van der Waals surface area contributed by atoms with E-state index in [0.29, 0.717) is 0 Å². The molecule has 0 spiro atoms. The third-order valence-corrected chi connectivity index (χ3v) is 6.17. The number of methoxy groups -OCH3 is 1. The summed E-state index contributed by atoms with van der Waals surface area (Å²) in [6, 6.07) is 5.92. The predicted molar refractivity (Wildman–Crippen MR) is 102 cm³/mol. The standard InChI is InChI=1S/C20H31ClN2O/c1-16-3-5-17(6-4-16)9-10-22-11-13-23(14-12-22)20-15-18(24-2)7-8-19(20)21/h7-8,15-17H,3-6,9-14H2,1-2H3. The summed E-state index contributed by atoms with van der Waals surface area (Å²) in [5.41, 5.74) is 1.11. The minimum absolute atomic E-state index is 0.820. The first-order valence-corrected chi connectivity index (χ1v) is 9.84. The maximum atomic E-state index is 6.39. The van der Waals surface area contributed by atoms with Gasteiger partial charge in [0.25, 0.3) is 0 Å². The second-order valence-electron chi connectivity index (χ2n) is 7.56. The summed E-state index contributed by atoms with van der Waals surface area (Å²) in [5.74, 6) is 2.80. The zero-order valence-electron chi connectivity index (χ0n) is 15.1. The van der Waals surface area contributed by atoms with Crippen LogP contribution in [0.4, 0.5) is 5.69 Å².